The molecule has 100 valence electrons. The fourth-order valence-corrected chi connectivity index (χ4v) is 2.82. The number of sulfonamides is 1. The van der Waals surface area contributed by atoms with Gasteiger partial charge in [-0.25, -0.2) is 13.6 Å². The van der Waals surface area contributed by atoms with Gasteiger partial charge in [-0.2, -0.15) is 0 Å². The zero-order valence-electron chi connectivity index (χ0n) is 10.2. The normalized spacial score (nSPS) is 24.8. The molecule has 0 aromatic heterocycles. The fourth-order valence-electron chi connectivity index (χ4n) is 2.26. The van der Waals surface area contributed by atoms with Crippen molar-refractivity contribution in [3.8, 4) is 0 Å². The van der Waals surface area contributed by atoms with E-state index >= 15 is 0 Å². The molecule has 0 saturated heterocycles. The topological polar surface area (TPSA) is 98.2 Å². The average Bonchev–Trinajstić information content (AvgIpc) is 2.31. The van der Waals surface area contributed by atoms with Gasteiger partial charge in [-0.15, -0.1) is 0 Å². The minimum atomic E-state index is -3.63. The van der Waals surface area contributed by atoms with Crippen molar-refractivity contribution in [3.63, 3.8) is 0 Å². The number of hydrogen-bond donors (Lipinski definition) is 3. The summed E-state index contributed by atoms with van der Waals surface area (Å²) in [5, 5.41) is 8.44. The van der Waals surface area contributed by atoms with Gasteiger partial charge in [0.15, 0.2) is 0 Å². The molecule has 1 fully saturated rings. The Balaban J connectivity index is 2.06. The number of nitrogens with one attached hydrogen (secondary N) is 1. The molecule has 2 rings (SSSR count). The highest BCUT2D eigenvalue weighted by molar-refractivity contribution is 7.89. The van der Waals surface area contributed by atoms with E-state index in [-0.39, 0.29) is 4.90 Å². The van der Waals surface area contributed by atoms with Crippen LogP contribution in [0.2, 0.25) is 0 Å². The van der Waals surface area contributed by atoms with E-state index in [9.17, 15) is 8.42 Å². The van der Waals surface area contributed by atoms with Crippen molar-refractivity contribution in [2.45, 2.75) is 42.7 Å². The summed E-state index contributed by atoms with van der Waals surface area (Å²) in [6, 6.07) is 7.28. The van der Waals surface area contributed by atoms with Crippen LogP contribution in [0.5, 0.6) is 0 Å². The lowest BCUT2D eigenvalue weighted by atomic mass is 9.92. The highest BCUT2D eigenvalue weighted by Crippen LogP contribution is 2.22. The van der Waals surface area contributed by atoms with Crippen molar-refractivity contribution in [1.29, 1.82) is 0 Å². The second-order valence-corrected chi connectivity index (χ2v) is 6.39. The van der Waals surface area contributed by atoms with Crippen molar-refractivity contribution >= 4 is 15.7 Å². The quantitative estimate of drug-likeness (QED) is 0.763. The van der Waals surface area contributed by atoms with Gasteiger partial charge in [0.2, 0.25) is 10.0 Å². The van der Waals surface area contributed by atoms with E-state index < -0.39 is 10.0 Å². The first kappa shape index (κ1) is 13.3. The van der Waals surface area contributed by atoms with Gasteiger partial charge in [-0.05, 0) is 43.9 Å². The Morgan fingerprint density at radius 3 is 2.44 bits per heavy atom. The summed E-state index contributed by atoms with van der Waals surface area (Å²) in [6.45, 7) is 0. The minimum absolute atomic E-state index is 0.139. The predicted octanol–water partition coefficient (Wildman–Crippen LogP) is 1.02. The van der Waals surface area contributed by atoms with Crippen molar-refractivity contribution in [1.82, 2.24) is 0 Å². The molecular weight excluding hydrogens is 250 g/mol. The SMILES string of the molecule is NC1CCC(Nc2cccc(S(N)(=O)=O)c2)CC1. The maximum atomic E-state index is 11.3. The molecule has 0 spiro atoms. The maximum Gasteiger partial charge on any atom is 0.238 e. The molecule has 0 bridgehead atoms. The summed E-state index contributed by atoms with van der Waals surface area (Å²) < 4.78 is 22.5. The Kier molecular flexibility index (Phi) is 3.89. The van der Waals surface area contributed by atoms with E-state index in [1.54, 1.807) is 12.1 Å². The number of rotatable bonds is 3. The van der Waals surface area contributed by atoms with Gasteiger partial charge in [0.1, 0.15) is 0 Å². The minimum Gasteiger partial charge on any atom is -0.382 e. The summed E-state index contributed by atoms with van der Waals surface area (Å²) in [7, 11) is -3.63. The fraction of sp³-hybridized carbons (Fsp3) is 0.500. The first-order chi connectivity index (χ1) is 8.45. The highest BCUT2D eigenvalue weighted by atomic mass is 32.2. The number of primary sulfonamides is 1. The third kappa shape index (κ3) is 3.44. The predicted molar refractivity (Wildman–Crippen MR) is 71.7 cm³/mol. The summed E-state index contributed by atoms with van der Waals surface area (Å²) >= 11 is 0. The molecule has 0 atom stereocenters. The Labute approximate surface area is 108 Å². The molecule has 1 aliphatic carbocycles. The van der Waals surface area contributed by atoms with Crippen LogP contribution in [0.15, 0.2) is 29.2 Å². The Morgan fingerprint density at radius 1 is 1.17 bits per heavy atom. The molecule has 0 radical (unpaired) electrons. The Morgan fingerprint density at radius 2 is 1.83 bits per heavy atom. The van der Waals surface area contributed by atoms with Crippen LogP contribution < -0.4 is 16.2 Å². The van der Waals surface area contributed by atoms with E-state index in [1.165, 1.54) is 6.07 Å². The summed E-state index contributed by atoms with van der Waals surface area (Å²) in [5.74, 6) is 0. The summed E-state index contributed by atoms with van der Waals surface area (Å²) in [4.78, 5) is 0.139. The zero-order valence-corrected chi connectivity index (χ0v) is 11.0. The van der Waals surface area contributed by atoms with Gasteiger partial charge in [0, 0.05) is 17.8 Å². The van der Waals surface area contributed by atoms with Gasteiger partial charge in [0.05, 0.1) is 4.90 Å². The number of anilines is 1. The molecule has 1 saturated carbocycles. The molecule has 18 heavy (non-hydrogen) atoms. The largest absolute Gasteiger partial charge is 0.382 e. The second kappa shape index (κ2) is 5.26. The van der Waals surface area contributed by atoms with Crippen LogP contribution in [-0.2, 0) is 10.0 Å². The molecule has 1 aromatic carbocycles. The third-order valence-corrected chi connectivity index (χ3v) is 4.22. The standard InChI is InChI=1S/C12H19N3O2S/c13-9-4-6-10(7-5-9)15-11-2-1-3-12(8-11)18(14,16)17/h1-3,8-10,15H,4-7,13H2,(H2,14,16,17). The number of benzene rings is 1. The highest BCUT2D eigenvalue weighted by Gasteiger charge is 2.18. The average molecular weight is 269 g/mol. The summed E-state index contributed by atoms with van der Waals surface area (Å²) in [6.07, 6.45) is 4.04. The Bertz CT molecular complexity index is 508. The van der Waals surface area contributed by atoms with Crippen LogP contribution in [0, 0.1) is 0 Å². The van der Waals surface area contributed by atoms with E-state index in [4.69, 9.17) is 10.9 Å². The molecule has 5 nitrogen and oxygen atoms in total. The van der Waals surface area contributed by atoms with Crippen LogP contribution in [0.3, 0.4) is 0 Å². The van der Waals surface area contributed by atoms with Gasteiger partial charge in [-0.1, -0.05) is 6.07 Å². The van der Waals surface area contributed by atoms with Crippen LogP contribution in [0.25, 0.3) is 0 Å². The molecule has 0 heterocycles. The van der Waals surface area contributed by atoms with Gasteiger partial charge >= 0.3 is 0 Å². The molecule has 0 amide bonds. The molecule has 0 aliphatic heterocycles. The van der Waals surface area contributed by atoms with E-state index in [0.29, 0.717) is 12.1 Å². The van der Waals surface area contributed by atoms with Crippen molar-refractivity contribution in [2.75, 3.05) is 5.32 Å². The number of nitrogens with two attached hydrogens (primary N) is 2. The molecule has 1 aliphatic rings. The Hall–Kier alpha value is -1.11. The second-order valence-electron chi connectivity index (χ2n) is 4.83. The monoisotopic (exact) mass is 269 g/mol. The zero-order chi connectivity index (χ0) is 13.2. The van der Waals surface area contributed by atoms with Crippen molar-refractivity contribution in [2.24, 2.45) is 10.9 Å². The lowest BCUT2D eigenvalue weighted by Gasteiger charge is -2.27. The van der Waals surface area contributed by atoms with E-state index in [2.05, 4.69) is 5.32 Å². The van der Waals surface area contributed by atoms with E-state index in [0.717, 1.165) is 31.4 Å². The van der Waals surface area contributed by atoms with Crippen molar-refractivity contribution < 1.29 is 8.42 Å². The van der Waals surface area contributed by atoms with Crippen molar-refractivity contribution in [3.05, 3.63) is 24.3 Å². The molecule has 1 aromatic rings. The third-order valence-electron chi connectivity index (χ3n) is 3.31. The van der Waals surface area contributed by atoms with E-state index in [1.807, 2.05) is 6.07 Å². The van der Waals surface area contributed by atoms with Crippen LogP contribution in [-0.4, -0.2) is 20.5 Å². The first-order valence-electron chi connectivity index (χ1n) is 6.10. The van der Waals surface area contributed by atoms with Crippen LogP contribution in [0.1, 0.15) is 25.7 Å². The van der Waals surface area contributed by atoms with Gasteiger partial charge in [-0.3, -0.25) is 0 Å². The lowest BCUT2D eigenvalue weighted by molar-refractivity contribution is 0.411. The maximum absolute atomic E-state index is 11.3. The first-order valence-corrected chi connectivity index (χ1v) is 7.65. The number of hydrogen-bond acceptors (Lipinski definition) is 4. The van der Waals surface area contributed by atoms with Gasteiger partial charge in [0.25, 0.3) is 0 Å². The van der Waals surface area contributed by atoms with Crippen LogP contribution >= 0.6 is 0 Å². The molecule has 0 unspecified atom stereocenters. The molecule has 6 heteroatoms. The van der Waals surface area contributed by atoms with Crippen LogP contribution in [0.4, 0.5) is 5.69 Å². The summed E-state index contributed by atoms with van der Waals surface area (Å²) in [5.41, 5.74) is 6.64. The smallest absolute Gasteiger partial charge is 0.238 e. The molecule has 5 N–H and O–H groups in total. The molecular formula is C12H19N3O2S. The van der Waals surface area contributed by atoms with Gasteiger partial charge < -0.3 is 11.1 Å². The lowest BCUT2D eigenvalue weighted by Crippen LogP contribution is -2.32.